The second-order valence-corrected chi connectivity index (χ2v) is 18.4. The number of aliphatic hydroxyl groups is 1. The number of aryl methyl sites for hydroxylation is 1. The first-order chi connectivity index (χ1) is 29.9. The minimum Gasteiger partial charge on any atom is -0.658 e. The summed E-state index contributed by atoms with van der Waals surface area (Å²) in [4.78, 5) is 48.8. The van der Waals surface area contributed by atoms with E-state index in [-0.39, 0.29) is 55.3 Å². The molecule has 13 nitrogen and oxygen atoms in total. The van der Waals surface area contributed by atoms with Gasteiger partial charge in [-0.25, -0.2) is 4.98 Å². The van der Waals surface area contributed by atoms with E-state index >= 15 is 0 Å². The van der Waals surface area contributed by atoms with Crippen molar-refractivity contribution in [2.24, 2.45) is 4.99 Å². The van der Waals surface area contributed by atoms with E-state index in [2.05, 4.69) is 20.0 Å². The Morgan fingerprint density at radius 3 is 2.30 bits per heavy atom. The molecule has 0 fully saturated rings. The number of amides is 2. The maximum absolute atomic E-state index is 13.4. The van der Waals surface area contributed by atoms with Gasteiger partial charge in [0.15, 0.2) is 11.5 Å². The van der Waals surface area contributed by atoms with Crippen LogP contribution in [0.4, 0.5) is 11.4 Å². The number of aliphatic hydroxyl groups excluding tert-OH is 1. The number of aromatic nitrogens is 1. The van der Waals surface area contributed by atoms with Crippen LogP contribution in [0, 0.1) is 6.92 Å². The fourth-order valence-electron chi connectivity index (χ4n) is 7.18. The second-order valence-electron chi connectivity index (χ2n) is 15.6. The molecule has 1 N–H and O–H groups in total. The van der Waals surface area contributed by atoms with Crippen LogP contribution in [0.5, 0.6) is 17.2 Å². The molecule has 7 rings (SSSR count). The first-order valence-corrected chi connectivity index (χ1v) is 22.7. The number of unbranched alkanes of at least 4 members (excludes halogenated alkanes) is 2. The monoisotopic (exact) mass is 968 g/mol. The van der Waals surface area contributed by atoms with E-state index in [1.54, 1.807) is 69.0 Å². The molecular weight excluding hydrogens is 916 g/mol. The molecule has 331 valence electrons. The normalized spacial score (nSPS) is 18.7. The van der Waals surface area contributed by atoms with E-state index in [1.807, 2.05) is 95.7 Å². The van der Waals surface area contributed by atoms with Gasteiger partial charge in [0, 0.05) is 75.4 Å². The second kappa shape index (κ2) is 23.5. The van der Waals surface area contributed by atoms with E-state index < -0.39 is 12.3 Å². The van der Waals surface area contributed by atoms with E-state index in [1.165, 1.54) is 6.47 Å². The predicted molar refractivity (Wildman–Crippen MR) is 245 cm³/mol. The number of hydrogen-bond acceptors (Lipinski definition) is 12. The Bertz CT molecular complexity index is 2250. The van der Waals surface area contributed by atoms with Gasteiger partial charge < -0.3 is 44.0 Å². The van der Waals surface area contributed by atoms with Gasteiger partial charge >= 0.3 is 0 Å². The fourth-order valence-corrected chi connectivity index (χ4v) is 9.21. The van der Waals surface area contributed by atoms with E-state index in [4.69, 9.17) is 14.2 Å². The molecule has 1 radical (unpaired) electrons. The van der Waals surface area contributed by atoms with Gasteiger partial charge in [-0.15, -0.1) is 5.69 Å². The summed E-state index contributed by atoms with van der Waals surface area (Å²) in [5.74, 6) is 1.42. The van der Waals surface area contributed by atoms with Crippen molar-refractivity contribution in [1.29, 1.82) is 0 Å². The van der Waals surface area contributed by atoms with Gasteiger partial charge in [0.1, 0.15) is 10.8 Å². The number of carbonyl (C=O) groups excluding carboxylic acids is 3. The van der Waals surface area contributed by atoms with Crippen LogP contribution in [0.3, 0.4) is 0 Å². The number of ether oxygens (including phenoxy) is 4. The van der Waals surface area contributed by atoms with Gasteiger partial charge in [-0.3, -0.25) is 14.6 Å². The van der Waals surface area contributed by atoms with Crippen LogP contribution in [0.15, 0.2) is 107 Å². The molecule has 63 heavy (non-hydrogen) atoms. The van der Waals surface area contributed by atoms with Crippen molar-refractivity contribution in [3.05, 3.63) is 119 Å². The van der Waals surface area contributed by atoms with Gasteiger partial charge in [-0.2, -0.15) is 0 Å². The zero-order chi connectivity index (χ0) is 44.2. The van der Waals surface area contributed by atoms with Gasteiger partial charge in [-0.1, -0.05) is 47.6 Å². The molecule has 2 aromatic carbocycles. The van der Waals surface area contributed by atoms with Crippen molar-refractivity contribution in [2.75, 3.05) is 26.9 Å². The van der Waals surface area contributed by atoms with Crippen molar-refractivity contribution in [3.63, 3.8) is 0 Å². The topological polar surface area (TPSA) is 154 Å². The Kier molecular flexibility index (Phi) is 18.5. The zero-order valence-electron chi connectivity index (χ0n) is 36.5. The van der Waals surface area contributed by atoms with Gasteiger partial charge in [-0.05, 0) is 125 Å². The third-order valence-electron chi connectivity index (χ3n) is 10.3. The largest absolute Gasteiger partial charge is 0.658 e. The number of nitrogens with zero attached hydrogens (tertiary/aromatic N) is 5. The number of hydrogen-bond donors (Lipinski definition) is 1. The average molecular weight is 969 g/mol. The molecule has 2 amide bonds. The summed E-state index contributed by atoms with van der Waals surface area (Å²) >= 11 is 0. The summed E-state index contributed by atoms with van der Waals surface area (Å²) in [6.45, 7) is 12.5. The number of allylic oxidation sites excluding steroid dienone is 4. The molecule has 0 aliphatic carbocycles. The summed E-state index contributed by atoms with van der Waals surface area (Å²) in [6, 6.07) is 12.3. The molecule has 4 aliphatic heterocycles. The third-order valence-corrected chi connectivity index (χ3v) is 13.4. The Morgan fingerprint density at radius 1 is 0.921 bits per heavy atom. The maximum Gasteiger partial charge on any atom is 0.260 e. The van der Waals surface area contributed by atoms with Gasteiger partial charge in [0.2, 0.25) is 0 Å². The van der Waals surface area contributed by atoms with Crippen molar-refractivity contribution in [3.8, 4) is 17.2 Å². The minimum absolute atomic E-state index is 0. The molecule has 3 atom stereocenters. The summed E-state index contributed by atoms with van der Waals surface area (Å²) in [5.41, 5.74) is 4.89. The molecule has 3 aromatic rings. The van der Waals surface area contributed by atoms with Crippen molar-refractivity contribution in [2.45, 2.75) is 94.8 Å². The Balaban J connectivity index is 0.000000398. The zero-order valence-corrected chi connectivity index (χ0v) is 41.0. The molecule has 4 aliphatic rings. The first-order valence-electron chi connectivity index (χ1n) is 20.6. The van der Waals surface area contributed by atoms with Gasteiger partial charge in [0.05, 0.1) is 55.0 Å². The number of carbonyl (C=O) groups is 2. The summed E-state index contributed by atoms with van der Waals surface area (Å²) in [5, 5.41) is 16.3. The van der Waals surface area contributed by atoms with Crippen LogP contribution in [0.1, 0.15) is 86.1 Å². The maximum atomic E-state index is 13.4. The minimum atomic E-state index is -1.02. The Hall–Kier alpha value is -4.41. The Labute approximate surface area is 403 Å². The average Bonchev–Trinajstić information content (AvgIpc) is 3.84. The Morgan fingerprint density at radius 2 is 1.62 bits per heavy atom. The van der Waals surface area contributed by atoms with Crippen LogP contribution >= 0.6 is 21.6 Å². The molecule has 0 spiro atoms. The SMILES string of the molecule is C/C=C/C1=CN2C(=O)c3cc(OC)c(OCCCCCOc4cc5c(cc4C)C(=O)N4C=C(/C=C/C)C[C@H]4C(O)[N-]5)cc3N=C[C@@H]2C1.CC(C)(CO[C-]=O)SSc1ccccn1.[Y]. The smallest absolute Gasteiger partial charge is 0.260 e. The molecular formula is C47H53N5O8S2Y-2. The summed E-state index contributed by atoms with van der Waals surface area (Å²) in [6.07, 6.45) is 17.9. The van der Waals surface area contributed by atoms with Crippen LogP contribution < -0.4 is 14.2 Å². The molecule has 1 unspecified atom stereocenters. The third kappa shape index (κ3) is 12.9. The van der Waals surface area contributed by atoms with Crippen molar-refractivity contribution < 1.29 is 71.1 Å². The molecule has 0 saturated carbocycles. The number of pyridine rings is 1. The number of aliphatic imine (C=N–C) groups is 1. The van der Waals surface area contributed by atoms with Gasteiger partial charge in [0.25, 0.3) is 11.8 Å². The summed E-state index contributed by atoms with van der Waals surface area (Å²) in [7, 11) is 4.76. The van der Waals surface area contributed by atoms with Crippen LogP contribution in [0.25, 0.3) is 5.32 Å². The van der Waals surface area contributed by atoms with Crippen LogP contribution in [-0.2, 0) is 42.2 Å². The van der Waals surface area contributed by atoms with Crippen molar-refractivity contribution in [1.82, 2.24) is 14.8 Å². The molecule has 0 bridgehead atoms. The summed E-state index contributed by atoms with van der Waals surface area (Å²) < 4.78 is 22.2. The predicted octanol–water partition coefficient (Wildman–Crippen LogP) is 9.72. The fraction of sp³-hybridized carbons (Fsp3) is 0.383. The standard InChI is InChI=1S/C37H42N4O6.C10H12NO2S2.Y/c1-5-10-24-15-26-20-38-29-18-34(33(45-4)17-28(29)36(43)40(26)21-24)47-13-9-7-8-12-46-32-19-30-27(14-23(32)3)37(44)41-22-25(11-6-2)16-31(41)35(42)39-30;1-10(2,7-13-8-12)15-14-9-5-3-4-6-11-9;/h5-6,10-11,14,17-22,26,31,35,42H,7-9,12-13,15-16H2,1-4H3,(H,39,44);3-6H,7H2,1-2H3;/q;-1;/p-1/b10-5+,11-6+;;/t26-,31-,35?;;/m0../s1. The molecule has 16 heteroatoms. The number of benzene rings is 2. The van der Waals surface area contributed by atoms with E-state index in [9.17, 15) is 19.5 Å². The number of fused-ring (bicyclic) bond motifs is 4. The molecule has 1 aromatic heterocycles. The van der Waals surface area contributed by atoms with E-state index in [0.717, 1.165) is 47.4 Å². The number of methoxy groups -OCH3 is 1. The van der Waals surface area contributed by atoms with Crippen LogP contribution in [0.2, 0.25) is 0 Å². The molecule has 5 heterocycles. The van der Waals surface area contributed by atoms with Crippen molar-refractivity contribution >= 4 is 57.5 Å². The van der Waals surface area contributed by atoms with E-state index in [0.29, 0.717) is 66.0 Å². The first kappa shape index (κ1) is 49.6. The quantitative estimate of drug-likeness (QED) is 0.0782. The van der Waals surface area contributed by atoms with Crippen LogP contribution in [-0.4, -0.2) is 94.4 Å². The molecule has 0 saturated heterocycles. The number of rotatable bonds is 17.